The van der Waals surface area contributed by atoms with Crippen LogP contribution in [-0.2, 0) is 4.79 Å². The second kappa shape index (κ2) is 6.68. The van der Waals surface area contributed by atoms with Crippen LogP contribution in [0, 0.1) is 12.8 Å². The van der Waals surface area contributed by atoms with Crippen LogP contribution in [0.15, 0.2) is 24.3 Å². The van der Waals surface area contributed by atoms with Gasteiger partial charge in [0.15, 0.2) is 0 Å². The maximum atomic E-state index is 11.8. The van der Waals surface area contributed by atoms with Crippen molar-refractivity contribution in [2.75, 3.05) is 18.4 Å². The fourth-order valence-corrected chi connectivity index (χ4v) is 2.53. The zero-order valence-electron chi connectivity index (χ0n) is 11.4. The minimum atomic E-state index is -0.146. The van der Waals surface area contributed by atoms with Crippen LogP contribution in [0.4, 0.5) is 5.69 Å². The first-order valence-corrected chi connectivity index (χ1v) is 6.89. The summed E-state index contributed by atoms with van der Waals surface area (Å²) in [7, 11) is 0. The van der Waals surface area contributed by atoms with Crippen LogP contribution in [0.5, 0.6) is 0 Å². The first-order valence-electron chi connectivity index (χ1n) is 6.89. The average molecular weight is 262 g/mol. The second-order valence-electron chi connectivity index (χ2n) is 5.33. The minimum Gasteiger partial charge on any atom is -0.393 e. The Balaban J connectivity index is 1.69. The molecule has 1 aromatic carbocycles. The van der Waals surface area contributed by atoms with Gasteiger partial charge in [-0.05, 0) is 50.3 Å². The van der Waals surface area contributed by atoms with E-state index in [2.05, 4.69) is 10.6 Å². The molecule has 0 aliphatic heterocycles. The third-order valence-corrected chi connectivity index (χ3v) is 3.65. The van der Waals surface area contributed by atoms with E-state index in [9.17, 15) is 9.90 Å². The molecule has 19 heavy (non-hydrogen) atoms. The van der Waals surface area contributed by atoms with Gasteiger partial charge in [-0.2, -0.15) is 0 Å². The number of aliphatic hydroxyl groups is 1. The molecule has 1 saturated carbocycles. The molecule has 1 fully saturated rings. The summed E-state index contributed by atoms with van der Waals surface area (Å²) in [5, 5.41) is 15.5. The normalized spacial score (nSPS) is 22.4. The third-order valence-electron chi connectivity index (χ3n) is 3.65. The van der Waals surface area contributed by atoms with E-state index in [1.54, 1.807) is 0 Å². The number of rotatable bonds is 5. The van der Waals surface area contributed by atoms with Crippen LogP contribution >= 0.6 is 0 Å². The second-order valence-corrected chi connectivity index (χ2v) is 5.33. The maximum absolute atomic E-state index is 11.8. The summed E-state index contributed by atoms with van der Waals surface area (Å²) in [5.41, 5.74) is 1.93. The van der Waals surface area contributed by atoms with E-state index in [4.69, 9.17) is 0 Å². The fraction of sp³-hybridized carbons (Fsp3) is 0.533. The number of hydrogen-bond acceptors (Lipinski definition) is 3. The molecule has 1 aliphatic rings. The number of carbonyl (C=O) groups is 1. The van der Waals surface area contributed by atoms with Crippen LogP contribution in [0.2, 0.25) is 0 Å². The van der Waals surface area contributed by atoms with Crippen molar-refractivity contribution in [3.05, 3.63) is 29.8 Å². The van der Waals surface area contributed by atoms with Gasteiger partial charge in [0, 0.05) is 5.69 Å². The lowest BCUT2D eigenvalue weighted by molar-refractivity contribution is -0.115. The highest BCUT2D eigenvalue weighted by molar-refractivity contribution is 5.92. The Kier molecular flexibility index (Phi) is 4.93. The molecule has 0 radical (unpaired) electrons. The molecule has 2 rings (SSSR count). The Labute approximate surface area is 114 Å². The van der Waals surface area contributed by atoms with Crippen molar-refractivity contribution < 1.29 is 9.90 Å². The first-order chi connectivity index (χ1) is 9.15. The van der Waals surface area contributed by atoms with Gasteiger partial charge in [-0.25, -0.2) is 0 Å². The SMILES string of the molecule is Cc1ccccc1NC(=O)CNCC1CCC(O)C1. The first kappa shape index (κ1) is 14.0. The average Bonchev–Trinajstić information content (AvgIpc) is 2.78. The van der Waals surface area contributed by atoms with Crippen LogP contribution in [0.1, 0.15) is 24.8 Å². The van der Waals surface area contributed by atoms with Crippen LogP contribution in [0.25, 0.3) is 0 Å². The van der Waals surface area contributed by atoms with Gasteiger partial charge in [0.1, 0.15) is 0 Å². The van der Waals surface area contributed by atoms with Crippen molar-refractivity contribution in [2.45, 2.75) is 32.3 Å². The number of aryl methyl sites for hydroxylation is 1. The maximum Gasteiger partial charge on any atom is 0.238 e. The van der Waals surface area contributed by atoms with Crippen LogP contribution < -0.4 is 10.6 Å². The van der Waals surface area contributed by atoms with Crippen molar-refractivity contribution in [1.82, 2.24) is 5.32 Å². The van der Waals surface area contributed by atoms with Gasteiger partial charge in [0.25, 0.3) is 0 Å². The lowest BCUT2D eigenvalue weighted by Crippen LogP contribution is -2.31. The summed E-state index contributed by atoms with van der Waals surface area (Å²) in [6.07, 6.45) is 2.65. The van der Waals surface area contributed by atoms with Crippen LogP contribution in [0.3, 0.4) is 0 Å². The number of amides is 1. The number of anilines is 1. The highest BCUT2D eigenvalue weighted by atomic mass is 16.3. The van der Waals surface area contributed by atoms with E-state index in [0.29, 0.717) is 12.5 Å². The lowest BCUT2D eigenvalue weighted by atomic mass is 10.1. The summed E-state index contributed by atoms with van der Waals surface area (Å²) in [5.74, 6) is 0.481. The van der Waals surface area contributed by atoms with Gasteiger partial charge >= 0.3 is 0 Å². The molecule has 0 heterocycles. The fourth-order valence-electron chi connectivity index (χ4n) is 2.53. The summed E-state index contributed by atoms with van der Waals surface area (Å²) < 4.78 is 0. The molecule has 104 valence electrons. The molecule has 3 N–H and O–H groups in total. The van der Waals surface area contributed by atoms with E-state index >= 15 is 0 Å². The number of nitrogens with one attached hydrogen (secondary N) is 2. The molecular formula is C15H22N2O2. The summed E-state index contributed by atoms with van der Waals surface area (Å²) in [6, 6.07) is 7.74. The van der Waals surface area contributed by atoms with Crippen molar-refractivity contribution in [3.63, 3.8) is 0 Å². The number of hydrogen-bond donors (Lipinski definition) is 3. The summed E-state index contributed by atoms with van der Waals surface area (Å²) in [6.45, 7) is 3.10. The smallest absolute Gasteiger partial charge is 0.238 e. The number of benzene rings is 1. The molecule has 1 aliphatic carbocycles. The van der Waals surface area contributed by atoms with E-state index < -0.39 is 0 Å². The molecule has 2 atom stereocenters. The molecule has 1 amide bonds. The molecule has 2 unspecified atom stereocenters. The summed E-state index contributed by atoms with van der Waals surface area (Å²) in [4.78, 5) is 11.8. The Morgan fingerprint density at radius 3 is 2.84 bits per heavy atom. The quantitative estimate of drug-likeness (QED) is 0.756. The molecule has 1 aromatic rings. The molecule has 0 aromatic heterocycles. The Morgan fingerprint density at radius 2 is 2.16 bits per heavy atom. The molecule has 0 saturated heterocycles. The zero-order chi connectivity index (χ0) is 13.7. The predicted molar refractivity (Wildman–Crippen MR) is 76.0 cm³/mol. The van der Waals surface area contributed by atoms with Crippen molar-refractivity contribution >= 4 is 11.6 Å². The van der Waals surface area contributed by atoms with Gasteiger partial charge in [0.05, 0.1) is 12.6 Å². The molecule has 0 spiro atoms. The standard InChI is InChI=1S/C15H22N2O2/c1-11-4-2-3-5-14(11)17-15(19)10-16-9-12-6-7-13(18)8-12/h2-5,12-13,16,18H,6-10H2,1H3,(H,17,19). The van der Waals surface area contributed by atoms with Gasteiger partial charge < -0.3 is 15.7 Å². The van der Waals surface area contributed by atoms with E-state index in [1.165, 1.54) is 0 Å². The Hall–Kier alpha value is -1.39. The number of para-hydroxylation sites is 1. The van der Waals surface area contributed by atoms with Gasteiger partial charge in [-0.1, -0.05) is 18.2 Å². The molecule has 4 heteroatoms. The van der Waals surface area contributed by atoms with Crippen LogP contribution in [-0.4, -0.2) is 30.2 Å². The van der Waals surface area contributed by atoms with Gasteiger partial charge in [0.2, 0.25) is 5.91 Å². The van der Waals surface area contributed by atoms with E-state index in [-0.39, 0.29) is 12.0 Å². The van der Waals surface area contributed by atoms with Crippen molar-refractivity contribution in [2.24, 2.45) is 5.92 Å². The van der Waals surface area contributed by atoms with Gasteiger partial charge in [-0.15, -0.1) is 0 Å². The summed E-state index contributed by atoms with van der Waals surface area (Å²) >= 11 is 0. The number of carbonyl (C=O) groups excluding carboxylic acids is 1. The largest absolute Gasteiger partial charge is 0.393 e. The Morgan fingerprint density at radius 1 is 1.37 bits per heavy atom. The van der Waals surface area contributed by atoms with E-state index in [0.717, 1.165) is 37.1 Å². The minimum absolute atomic E-state index is 0.0205. The van der Waals surface area contributed by atoms with Crippen molar-refractivity contribution in [3.8, 4) is 0 Å². The lowest BCUT2D eigenvalue weighted by Gasteiger charge is -2.11. The molecule has 0 bridgehead atoms. The molecule has 4 nitrogen and oxygen atoms in total. The third kappa shape index (κ3) is 4.33. The topological polar surface area (TPSA) is 61.4 Å². The van der Waals surface area contributed by atoms with Gasteiger partial charge in [-0.3, -0.25) is 4.79 Å². The van der Waals surface area contributed by atoms with Crippen molar-refractivity contribution in [1.29, 1.82) is 0 Å². The predicted octanol–water partition coefficient (Wildman–Crippen LogP) is 1.68. The highest BCUT2D eigenvalue weighted by Crippen LogP contribution is 2.24. The molecular weight excluding hydrogens is 240 g/mol. The zero-order valence-corrected chi connectivity index (χ0v) is 11.4. The number of aliphatic hydroxyl groups excluding tert-OH is 1. The van der Waals surface area contributed by atoms with E-state index in [1.807, 2.05) is 31.2 Å². The Bertz CT molecular complexity index is 434. The highest BCUT2D eigenvalue weighted by Gasteiger charge is 2.22. The monoisotopic (exact) mass is 262 g/mol.